The lowest BCUT2D eigenvalue weighted by Crippen LogP contribution is -2.32. The lowest BCUT2D eigenvalue weighted by molar-refractivity contribution is 0.0930. The summed E-state index contributed by atoms with van der Waals surface area (Å²) in [7, 11) is 0. The molecule has 3 heterocycles. The van der Waals surface area contributed by atoms with Crippen molar-refractivity contribution in [2.45, 2.75) is 38.3 Å². The summed E-state index contributed by atoms with van der Waals surface area (Å²) in [5.41, 5.74) is 0.501. The van der Waals surface area contributed by atoms with Crippen LogP contribution >= 0.6 is 11.3 Å². The molecule has 0 aliphatic carbocycles. The van der Waals surface area contributed by atoms with E-state index in [1.807, 2.05) is 28.4 Å². The van der Waals surface area contributed by atoms with Gasteiger partial charge in [0.05, 0.1) is 12.1 Å². The van der Waals surface area contributed by atoms with Crippen LogP contribution in [0.3, 0.4) is 0 Å². The molecule has 2 aromatic heterocycles. The quantitative estimate of drug-likeness (QED) is 0.891. The first-order valence-corrected chi connectivity index (χ1v) is 8.76. The van der Waals surface area contributed by atoms with Crippen LogP contribution in [0.15, 0.2) is 29.8 Å². The van der Waals surface area contributed by atoms with Crippen LogP contribution in [0.25, 0.3) is 0 Å². The van der Waals surface area contributed by atoms with E-state index in [9.17, 15) is 4.79 Å². The maximum Gasteiger partial charge on any atom is 0.272 e. The molecule has 6 heteroatoms. The zero-order valence-electron chi connectivity index (χ0n) is 12.8. The number of rotatable bonds is 5. The maximum absolute atomic E-state index is 12.4. The number of thiophene rings is 1. The van der Waals surface area contributed by atoms with Crippen LogP contribution in [0.2, 0.25) is 0 Å². The van der Waals surface area contributed by atoms with Gasteiger partial charge in [-0.1, -0.05) is 13.0 Å². The lowest BCUT2D eigenvalue weighted by atomic mass is 10.1. The summed E-state index contributed by atoms with van der Waals surface area (Å²) in [6, 6.07) is 6.30. The topological polar surface area (TPSA) is 59.0 Å². The van der Waals surface area contributed by atoms with E-state index in [2.05, 4.69) is 28.7 Å². The highest BCUT2D eigenvalue weighted by Gasteiger charge is 2.20. The van der Waals surface area contributed by atoms with Crippen molar-refractivity contribution in [2.75, 3.05) is 13.1 Å². The average Bonchev–Trinajstić information content (AvgIpc) is 3.24. The number of nitrogens with one attached hydrogen (secondary N) is 2. The summed E-state index contributed by atoms with van der Waals surface area (Å²) >= 11 is 1.67. The molecule has 2 aromatic rings. The zero-order chi connectivity index (χ0) is 15.4. The second-order valence-corrected chi connectivity index (χ2v) is 6.61. The smallest absolute Gasteiger partial charge is 0.272 e. The van der Waals surface area contributed by atoms with Gasteiger partial charge in [-0.05, 0) is 43.3 Å². The van der Waals surface area contributed by atoms with Crippen LogP contribution < -0.4 is 10.6 Å². The molecule has 1 aliphatic rings. The Bertz CT molecular complexity index is 601. The largest absolute Gasteiger partial charge is 0.343 e. The van der Waals surface area contributed by atoms with E-state index in [1.165, 1.54) is 4.88 Å². The van der Waals surface area contributed by atoms with Crippen LogP contribution in [-0.4, -0.2) is 28.8 Å². The van der Waals surface area contributed by atoms with E-state index in [0.717, 1.165) is 32.4 Å². The SMILES string of the molecule is CCC(NC(=O)c1ccn(C2CCCNC2)n1)c1cccs1. The van der Waals surface area contributed by atoms with Gasteiger partial charge in [0.15, 0.2) is 0 Å². The molecule has 0 aromatic carbocycles. The molecule has 0 radical (unpaired) electrons. The fourth-order valence-electron chi connectivity index (χ4n) is 2.82. The Hall–Kier alpha value is -1.66. The van der Waals surface area contributed by atoms with Crippen molar-refractivity contribution in [3.8, 4) is 0 Å². The van der Waals surface area contributed by atoms with E-state index in [1.54, 1.807) is 11.3 Å². The molecule has 5 nitrogen and oxygen atoms in total. The third kappa shape index (κ3) is 3.39. The van der Waals surface area contributed by atoms with Gasteiger partial charge in [-0.25, -0.2) is 0 Å². The first-order chi connectivity index (χ1) is 10.8. The van der Waals surface area contributed by atoms with Crippen LogP contribution in [-0.2, 0) is 0 Å². The standard InChI is InChI=1S/C16H22N4OS/c1-2-13(15-6-4-10-22-15)18-16(21)14-7-9-20(19-14)12-5-3-8-17-11-12/h4,6-7,9-10,12-13,17H,2-3,5,8,11H2,1H3,(H,18,21). The van der Waals surface area contributed by atoms with Crippen molar-refractivity contribution in [3.63, 3.8) is 0 Å². The molecular weight excluding hydrogens is 296 g/mol. The normalized spacial score (nSPS) is 19.8. The van der Waals surface area contributed by atoms with Crippen molar-refractivity contribution in [1.29, 1.82) is 0 Å². The maximum atomic E-state index is 12.4. The fourth-order valence-corrected chi connectivity index (χ4v) is 3.68. The molecule has 118 valence electrons. The molecule has 1 saturated heterocycles. The molecule has 0 spiro atoms. The Balaban J connectivity index is 1.66. The van der Waals surface area contributed by atoms with Crippen LogP contribution in [0.4, 0.5) is 0 Å². The summed E-state index contributed by atoms with van der Waals surface area (Å²) in [6.07, 6.45) is 5.06. The molecule has 0 bridgehead atoms. The summed E-state index contributed by atoms with van der Waals surface area (Å²) in [5.74, 6) is -0.0947. The number of amides is 1. The molecule has 2 atom stereocenters. The third-order valence-electron chi connectivity index (χ3n) is 4.09. The average molecular weight is 318 g/mol. The predicted octanol–water partition coefficient (Wildman–Crippen LogP) is 2.75. The number of carbonyl (C=O) groups excluding carboxylic acids is 1. The lowest BCUT2D eigenvalue weighted by Gasteiger charge is -2.22. The van der Waals surface area contributed by atoms with E-state index < -0.39 is 0 Å². The summed E-state index contributed by atoms with van der Waals surface area (Å²) in [4.78, 5) is 13.6. The second-order valence-electron chi connectivity index (χ2n) is 5.63. The molecule has 22 heavy (non-hydrogen) atoms. The van der Waals surface area contributed by atoms with Gasteiger partial charge >= 0.3 is 0 Å². The van der Waals surface area contributed by atoms with Gasteiger partial charge in [-0.2, -0.15) is 5.10 Å². The minimum Gasteiger partial charge on any atom is -0.343 e. The minimum atomic E-state index is -0.0947. The van der Waals surface area contributed by atoms with E-state index in [0.29, 0.717) is 11.7 Å². The molecule has 1 amide bonds. The molecule has 1 aliphatic heterocycles. The van der Waals surface area contributed by atoms with Gasteiger partial charge in [0, 0.05) is 17.6 Å². The van der Waals surface area contributed by atoms with Crippen molar-refractivity contribution in [1.82, 2.24) is 20.4 Å². The van der Waals surface area contributed by atoms with Crippen molar-refractivity contribution in [3.05, 3.63) is 40.3 Å². The summed E-state index contributed by atoms with van der Waals surface area (Å²) in [6.45, 7) is 4.08. The van der Waals surface area contributed by atoms with E-state index in [4.69, 9.17) is 0 Å². The van der Waals surface area contributed by atoms with Crippen molar-refractivity contribution in [2.24, 2.45) is 0 Å². The highest BCUT2D eigenvalue weighted by atomic mass is 32.1. The fraction of sp³-hybridized carbons (Fsp3) is 0.500. The predicted molar refractivity (Wildman–Crippen MR) is 88.2 cm³/mol. The van der Waals surface area contributed by atoms with E-state index in [-0.39, 0.29) is 11.9 Å². The number of nitrogens with zero attached hydrogens (tertiary/aromatic N) is 2. The summed E-state index contributed by atoms with van der Waals surface area (Å²) < 4.78 is 1.92. The number of carbonyl (C=O) groups is 1. The number of hydrogen-bond donors (Lipinski definition) is 2. The molecule has 1 fully saturated rings. The Labute approximate surface area is 134 Å². The molecule has 2 N–H and O–H groups in total. The van der Waals surface area contributed by atoms with Gasteiger partial charge in [-0.15, -0.1) is 11.3 Å². The molecule has 3 rings (SSSR count). The first-order valence-electron chi connectivity index (χ1n) is 7.88. The highest BCUT2D eigenvalue weighted by Crippen LogP contribution is 2.22. The zero-order valence-corrected chi connectivity index (χ0v) is 13.6. The van der Waals surface area contributed by atoms with Crippen molar-refractivity contribution < 1.29 is 4.79 Å². The van der Waals surface area contributed by atoms with Gasteiger partial charge in [-0.3, -0.25) is 9.48 Å². The van der Waals surface area contributed by atoms with Crippen molar-refractivity contribution >= 4 is 17.2 Å². The second kappa shape index (κ2) is 7.07. The monoisotopic (exact) mass is 318 g/mol. The molecule has 0 saturated carbocycles. The van der Waals surface area contributed by atoms with Gasteiger partial charge in [0.2, 0.25) is 0 Å². The minimum absolute atomic E-state index is 0.0639. The number of aromatic nitrogens is 2. The van der Waals surface area contributed by atoms with Crippen LogP contribution in [0, 0.1) is 0 Å². The molecule has 2 unspecified atom stereocenters. The summed E-state index contributed by atoms with van der Waals surface area (Å²) in [5, 5.41) is 13.0. The number of hydrogen-bond acceptors (Lipinski definition) is 4. The Morgan fingerprint density at radius 2 is 2.50 bits per heavy atom. The third-order valence-corrected chi connectivity index (χ3v) is 5.07. The Kier molecular flexibility index (Phi) is 4.90. The Morgan fingerprint density at radius 3 is 3.18 bits per heavy atom. The van der Waals surface area contributed by atoms with Crippen LogP contribution in [0.1, 0.15) is 53.6 Å². The first kappa shape index (κ1) is 15.2. The van der Waals surface area contributed by atoms with Crippen LogP contribution in [0.5, 0.6) is 0 Å². The van der Waals surface area contributed by atoms with Gasteiger partial charge < -0.3 is 10.6 Å². The van der Waals surface area contributed by atoms with E-state index >= 15 is 0 Å². The molecular formula is C16H22N4OS. The van der Waals surface area contributed by atoms with Gasteiger partial charge in [0.1, 0.15) is 5.69 Å². The Morgan fingerprint density at radius 1 is 1.59 bits per heavy atom. The highest BCUT2D eigenvalue weighted by molar-refractivity contribution is 7.10. The van der Waals surface area contributed by atoms with Gasteiger partial charge in [0.25, 0.3) is 5.91 Å². The number of piperidine rings is 1.